The van der Waals surface area contributed by atoms with E-state index in [9.17, 15) is 9.59 Å². The quantitative estimate of drug-likeness (QED) is 0.0862. The van der Waals surface area contributed by atoms with E-state index in [2.05, 4.69) is 60.8 Å². The number of piperazine rings is 1. The fourth-order valence-electron chi connectivity index (χ4n) is 5.78. The van der Waals surface area contributed by atoms with Gasteiger partial charge >= 0.3 is 0 Å². The average Bonchev–Trinajstić information content (AvgIpc) is 3.32. The first kappa shape index (κ1) is 34.5. The third-order valence-electron chi connectivity index (χ3n) is 8.37. The minimum atomic E-state index is -0.0710. The molecule has 1 aromatic heterocycles. The number of likely N-dealkylation sites (N-methyl/N-ethyl adjacent to an activating group) is 1. The van der Waals surface area contributed by atoms with Gasteiger partial charge in [-0.2, -0.15) is 0 Å². The van der Waals surface area contributed by atoms with Crippen LogP contribution in [-0.4, -0.2) is 82.6 Å². The molecule has 236 valence electrons. The van der Waals surface area contributed by atoms with Crippen LogP contribution in [0.3, 0.4) is 0 Å². The minimum Gasteiger partial charge on any atom is -0.361 e. The Morgan fingerprint density at radius 3 is 2.47 bits per heavy atom. The van der Waals surface area contributed by atoms with E-state index in [1.54, 1.807) is 6.08 Å². The van der Waals surface area contributed by atoms with Gasteiger partial charge in [0.2, 0.25) is 5.91 Å². The molecule has 43 heavy (non-hydrogen) atoms. The number of carbonyl (C=O) groups excluding carboxylic acids is 2. The van der Waals surface area contributed by atoms with Gasteiger partial charge in [0, 0.05) is 79.3 Å². The fourth-order valence-corrected chi connectivity index (χ4v) is 6.33. The Kier molecular flexibility index (Phi) is 14.4. The van der Waals surface area contributed by atoms with E-state index >= 15 is 0 Å². The van der Waals surface area contributed by atoms with Crippen LogP contribution >= 0.6 is 11.9 Å². The first-order valence-electron chi connectivity index (χ1n) is 16.1. The normalized spacial score (nSPS) is 13.7. The van der Waals surface area contributed by atoms with Crippen LogP contribution < -0.4 is 4.72 Å². The van der Waals surface area contributed by atoms with E-state index in [0.717, 1.165) is 75.4 Å². The summed E-state index contributed by atoms with van der Waals surface area (Å²) in [6, 6.07) is 6.10. The summed E-state index contributed by atoms with van der Waals surface area (Å²) in [5, 5.41) is 1.20. The van der Waals surface area contributed by atoms with E-state index in [1.807, 2.05) is 28.0 Å². The number of aromatic nitrogens is 1. The molecule has 1 aliphatic rings. The highest BCUT2D eigenvalue weighted by molar-refractivity contribution is 7.97. The number of nitrogens with one attached hydrogen (secondary N) is 1. The summed E-state index contributed by atoms with van der Waals surface area (Å²) in [6.07, 6.45) is 11.2. The summed E-state index contributed by atoms with van der Waals surface area (Å²) in [5.41, 5.74) is 5.05. The number of fused-ring (bicyclic) bond motifs is 1. The Morgan fingerprint density at radius 2 is 1.81 bits per heavy atom. The lowest BCUT2D eigenvalue weighted by molar-refractivity contribution is -0.133. The van der Waals surface area contributed by atoms with Gasteiger partial charge in [-0.15, -0.1) is 6.58 Å². The second-order valence-corrected chi connectivity index (χ2v) is 12.2. The SMILES string of the molecule is C=CCc1c(CCCCCC)c2ccc(C(=O)NSCCC)cc2n1CCN(CC(=O)N1CCN(CC)CC1)C(=C)C=C. The molecule has 8 heteroatoms. The number of hydrogen-bond donors (Lipinski definition) is 1. The molecular weight excluding hydrogens is 554 g/mol. The first-order chi connectivity index (χ1) is 20.9. The maximum Gasteiger partial charge on any atom is 0.261 e. The Morgan fingerprint density at radius 1 is 1.05 bits per heavy atom. The zero-order chi connectivity index (χ0) is 31.2. The van der Waals surface area contributed by atoms with E-state index in [-0.39, 0.29) is 18.4 Å². The van der Waals surface area contributed by atoms with Crippen LogP contribution in [0.15, 0.2) is 55.8 Å². The van der Waals surface area contributed by atoms with Crippen LogP contribution in [0.4, 0.5) is 0 Å². The molecule has 0 spiro atoms. The van der Waals surface area contributed by atoms with Gasteiger partial charge in [-0.3, -0.25) is 14.3 Å². The third kappa shape index (κ3) is 9.51. The number of hydrogen-bond acceptors (Lipinski definition) is 5. The molecule has 0 unspecified atom stereocenters. The number of rotatable bonds is 19. The van der Waals surface area contributed by atoms with Crippen LogP contribution in [0.2, 0.25) is 0 Å². The topological polar surface area (TPSA) is 60.8 Å². The number of unbranched alkanes of at least 4 members (excludes halogenated alkanes) is 3. The summed E-state index contributed by atoms with van der Waals surface area (Å²) in [7, 11) is 0. The maximum atomic E-state index is 13.3. The van der Waals surface area contributed by atoms with Crippen molar-refractivity contribution in [2.45, 2.75) is 72.3 Å². The number of benzene rings is 1. The highest BCUT2D eigenvalue weighted by Gasteiger charge is 2.23. The van der Waals surface area contributed by atoms with Crippen molar-refractivity contribution in [2.24, 2.45) is 0 Å². The van der Waals surface area contributed by atoms with Crippen LogP contribution in [-0.2, 0) is 24.2 Å². The number of nitrogens with zero attached hydrogens (tertiary/aromatic N) is 4. The number of carbonyl (C=O) groups is 2. The van der Waals surface area contributed by atoms with Crippen molar-refractivity contribution in [2.75, 3.05) is 51.6 Å². The van der Waals surface area contributed by atoms with Crippen molar-refractivity contribution in [1.82, 2.24) is 24.0 Å². The fraction of sp³-hybridized carbons (Fsp3) is 0.543. The zero-order valence-electron chi connectivity index (χ0n) is 26.8. The van der Waals surface area contributed by atoms with E-state index in [0.29, 0.717) is 18.7 Å². The molecule has 7 nitrogen and oxygen atoms in total. The molecule has 1 fully saturated rings. The van der Waals surface area contributed by atoms with Crippen LogP contribution in [0.1, 0.15) is 74.5 Å². The Hall–Kier alpha value is -2.97. The lowest BCUT2D eigenvalue weighted by Gasteiger charge is -2.35. The average molecular weight is 608 g/mol. The van der Waals surface area contributed by atoms with Gasteiger partial charge < -0.3 is 19.3 Å². The second kappa shape index (κ2) is 18.0. The van der Waals surface area contributed by atoms with Crippen LogP contribution in [0.5, 0.6) is 0 Å². The number of allylic oxidation sites excluding steroid dienone is 2. The van der Waals surface area contributed by atoms with Crippen LogP contribution in [0, 0.1) is 0 Å². The largest absolute Gasteiger partial charge is 0.361 e. The molecule has 2 heterocycles. The van der Waals surface area contributed by atoms with Gasteiger partial charge in [0.1, 0.15) is 0 Å². The molecule has 2 amide bonds. The van der Waals surface area contributed by atoms with Gasteiger partial charge in [-0.25, -0.2) is 0 Å². The van der Waals surface area contributed by atoms with Crippen LogP contribution in [0.25, 0.3) is 10.9 Å². The lowest BCUT2D eigenvalue weighted by atomic mass is 10.0. The van der Waals surface area contributed by atoms with Gasteiger partial charge in [0.05, 0.1) is 6.54 Å². The minimum absolute atomic E-state index is 0.0710. The molecular formula is C35H53N5O2S. The van der Waals surface area contributed by atoms with E-state index < -0.39 is 0 Å². The number of amides is 2. The van der Waals surface area contributed by atoms with Gasteiger partial charge in [0.25, 0.3) is 5.91 Å². The van der Waals surface area contributed by atoms with Crippen molar-refractivity contribution < 1.29 is 9.59 Å². The predicted molar refractivity (Wildman–Crippen MR) is 184 cm³/mol. The molecule has 0 bridgehead atoms. The second-order valence-electron chi connectivity index (χ2n) is 11.3. The molecule has 3 rings (SSSR count). The van der Waals surface area contributed by atoms with Crippen molar-refractivity contribution in [3.8, 4) is 0 Å². The Bertz CT molecular complexity index is 1240. The monoisotopic (exact) mass is 607 g/mol. The summed E-state index contributed by atoms with van der Waals surface area (Å²) in [5.74, 6) is 0.937. The van der Waals surface area contributed by atoms with Crippen molar-refractivity contribution in [3.63, 3.8) is 0 Å². The number of aryl methyl sites for hydroxylation is 1. The summed E-state index contributed by atoms with van der Waals surface area (Å²) in [4.78, 5) is 32.7. The van der Waals surface area contributed by atoms with Gasteiger partial charge in [0.15, 0.2) is 0 Å². The lowest BCUT2D eigenvalue weighted by Crippen LogP contribution is -2.51. The highest BCUT2D eigenvalue weighted by atomic mass is 32.2. The van der Waals surface area contributed by atoms with E-state index in [4.69, 9.17) is 0 Å². The Labute approximate surface area is 264 Å². The molecule has 0 radical (unpaired) electrons. The maximum absolute atomic E-state index is 13.3. The van der Waals surface area contributed by atoms with Gasteiger partial charge in [-0.05, 0) is 49.6 Å². The molecule has 1 saturated heterocycles. The Balaban J connectivity index is 1.91. The van der Waals surface area contributed by atoms with E-state index in [1.165, 1.54) is 47.9 Å². The third-order valence-corrected chi connectivity index (χ3v) is 9.31. The van der Waals surface area contributed by atoms with Crippen molar-refractivity contribution in [3.05, 3.63) is 72.6 Å². The summed E-state index contributed by atoms with van der Waals surface area (Å²) in [6.45, 7) is 24.6. The highest BCUT2D eigenvalue weighted by Crippen LogP contribution is 2.30. The molecule has 1 aliphatic heterocycles. The molecule has 0 aliphatic carbocycles. The smallest absolute Gasteiger partial charge is 0.261 e. The summed E-state index contributed by atoms with van der Waals surface area (Å²) < 4.78 is 5.33. The molecule has 0 atom stereocenters. The molecule has 1 N–H and O–H groups in total. The summed E-state index contributed by atoms with van der Waals surface area (Å²) >= 11 is 1.45. The molecule has 0 saturated carbocycles. The molecule has 1 aromatic carbocycles. The van der Waals surface area contributed by atoms with Gasteiger partial charge in [-0.1, -0.05) is 77.3 Å². The van der Waals surface area contributed by atoms with Crippen molar-refractivity contribution in [1.29, 1.82) is 0 Å². The predicted octanol–water partition coefficient (Wildman–Crippen LogP) is 6.45. The molecule has 2 aromatic rings. The standard InChI is InChI=1S/C35H53N5O2S/c1-7-12-13-14-16-30-31-18-17-29(35(42)36-43-25-9-3)26-33(31)40(32(30)15-8-2)24-23-39(28(6)10-4)27-34(41)38-21-19-37(11-5)20-22-38/h8,10,17-18,26H,2,4,6-7,9,11-16,19-25,27H2,1,3,5H3,(H,36,42). The first-order valence-corrected chi connectivity index (χ1v) is 17.1. The zero-order valence-corrected chi connectivity index (χ0v) is 27.7. The van der Waals surface area contributed by atoms with Crippen molar-refractivity contribution >= 4 is 34.7 Å².